The highest BCUT2D eigenvalue weighted by Gasteiger charge is 2.12. The fourth-order valence-electron chi connectivity index (χ4n) is 2.39. The zero-order valence-electron chi connectivity index (χ0n) is 13.3. The summed E-state index contributed by atoms with van der Waals surface area (Å²) in [6.07, 6.45) is 8.91. The van der Waals surface area contributed by atoms with Crippen LogP contribution in [0.4, 0.5) is 0 Å². The van der Waals surface area contributed by atoms with Gasteiger partial charge in [-0.25, -0.2) is 0 Å². The van der Waals surface area contributed by atoms with Crippen LogP contribution in [0, 0.1) is 0 Å². The smallest absolute Gasteiger partial charge is 0.0640 e. The first-order chi connectivity index (χ1) is 10.2. The van der Waals surface area contributed by atoms with Crippen molar-refractivity contribution < 1.29 is 0 Å². The molecule has 0 aliphatic carbocycles. The van der Waals surface area contributed by atoms with Gasteiger partial charge in [0.15, 0.2) is 0 Å². The van der Waals surface area contributed by atoms with Crippen LogP contribution in [0.15, 0.2) is 36.8 Å². The second-order valence-corrected chi connectivity index (χ2v) is 5.80. The highest BCUT2D eigenvalue weighted by atomic mass is 15.3. The van der Waals surface area contributed by atoms with Gasteiger partial charge in [0.2, 0.25) is 0 Å². The summed E-state index contributed by atoms with van der Waals surface area (Å²) in [7, 11) is 0. The quantitative estimate of drug-likeness (QED) is 0.811. The molecule has 114 valence electrons. The fourth-order valence-corrected chi connectivity index (χ4v) is 2.39. The van der Waals surface area contributed by atoms with E-state index < -0.39 is 0 Å². The third-order valence-electron chi connectivity index (χ3n) is 3.56. The number of nitrogens with zero attached hydrogens (tertiary/aromatic N) is 3. The molecular weight excluding hydrogens is 260 g/mol. The molecule has 1 unspecified atom stereocenters. The molecule has 0 saturated heterocycles. The topological polar surface area (TPSA) is 42.7 Å². The summed E-state index contributed by atoms with van der Waals surface area (Å²) in [6, 6.07) is 7.15. The summed E-state index contributed by atoms with van der Waals surface area (Å²) in [4.78, 5) is 4.09. The van der Waals surface area contributed by atoms with Crippen LogP contribution >= 0.6 is 0 Å². The molecular formula is C17H26N4. The van der Waals surface area contributed by atoms with E-state index >= 15 is 0 Å². The zero-order chi connectivity index (χ0) is 15.1. The maximum Gasteiger partial charge on any atom is 0.0640 e. The van der Waals surface area contributed by atoms with Crippen LogP contribution in [0.25, 0.3) is 0 Å². The van der Waals surface area contributed by atoms with Gasteiger partial charge in [-0.3, -0.25) is 9.67 Å². The SMILES string of the molecule is CCCNC(Cc1ccncc1)Cc1ccn(C(C)C)n1. The van der Waals surface area contributed by atoms with Crippen LogP contribution in [0.2, 0.25) is 0 Å². The molecule has 2 rings (SSSR count). The van der Waals surface area contributed by atoms with Gasteiger partial charge in [-0.15, -0.1) is 0 Å². The van der Waals surface area contributed by atoms with E-state index in [4.69, 9.17) is 0 Å². The first-order valence-electron chi connectivity index (χ1n) is 7.85. The van der Waals surface area contributed by atoms with Gasteiger partial charge in [-0.2, -0.15) is 5.10 Å². The number of pyridine rings is 1. The molecule has 2 aromatic heterocycles. The van der Waals surface area contributed by atoms with Gasteiger partial charge >= 0.3 is 0 Å². The van der Waals surface area contributed by atoms with E-state index in [0.717, 1.165) is 31.5 Å². The molecule has 2 heterocycles. The molecule has 0 saturated carbocycles. The molecule has 0 aromatic carbocycles. The number of rotatable bonds is 8. The Balaban J connectivity index is 2.01. The predicted molar refractivity (Wildman–Crippen MR) is 86.3 cm³/mol. The van der Waals surface area contributed by atoms with Gasteiger partial charge in [-0.05, 0) is 57.0 Å². The Morgan fingerprint density at radius 3 is 2.52 bits per heavy atom. The third kappa shape index (κ3) is 4.97. The van der Waals surface area contributed by atoms with E-state index in [1.807, 2.05) is 17.1 Å². The van der Waals surface area contributed by atoms with Crippen LogP contribution in [0.1, 0.15) is 44.5 Å². The Hall–Kier alpha value is -1.68. The van der Waals surface area contributed by atoms with E-state index in [0.29, 0.717) is 12.1 Å². The van der Waals surface area contributed by atoms with E-state index in [2.05, 4.69) is 60.6 Å². The van der Waals surface area contributed by atoms with Gasteiger partial charge in [0, 0.05) is 37.1 Å². The highest BCUT2D eigenvalue weighted by Crippen LogP contribution is 2.10. The Kier molecular flexibility index (Phi) is 5.93. The second-order valence-electron chi connectivity index (χ2n) is 5.80. The molecule has 0 aliphatic heterocycles. The molecule has 4 nitrogen and oxygen atoms in total. The monoisotopic (exact) mass is 286 g/mol. The van der Waals surface area contributed by atoms with Gasteiger partial charge in [-0.1, -0.05) is 6.92 Å². The predicted octanol–water partition coefficient (Wildman–Crippen LogP) is 3.01. The number of nitrogens with one attached hydrogen (secondary N) is 1. The summed E-state index contributed by atoms with van der Waals surface area (Å²) in [5.41, 5.74) is 2.48. The van der Waals surface area contributed by atoms with Crippen molar-refractivity contribution in [2.45, 2.75) is 52.1 Å². The van der Waals surface area contributed by atoms with E-state index in [9.17, 15) is 0 Å². The van der Waals surface area contributed by atoms with E-state index in [1.165, 1.54) is 5.56 Å². The lowest BCUT2D eigenvalue weighted by Crippen LogP contribution is -2.34. The van der Waals surface area contributed by atoms with Crippen molar-refractivity contribution in [2.24, 2.45) is 0 Å². The lowest BCUT2D eigenvalue weighted by atomic mass is 10.0. The minimum Gasteiger partial charge on any atom is -0.313 e. The average Bonchev–Trinajstić information content (AvgIpc) is 2.94. The third-order valence-corrected chi connectivity index (χ3v) is 3.56. The summed E-state index contributed by atoms with van der Waals surface area (Å²) >= 11 is 0. The summed E-state index contributed by atoms with van der Waals surface area (Å²) in [5.74, 6) is 0. The summed E-state index contributed by atoms with van der Waals surface area (Å²) < 4.78 is 2.03. The number of hydrogen-bond donors (Lipinski definition) is 1. The lowest BCUT2D eigenvalue weighted by Gasteiger charge is -2.17. The Morgan fingerprint density at radius 2 is 1.90 bits per heavy atom. The standard InChI is InChI=1S/C17H26N4/c1-4-8-19-17(12-15-5-9-18-10-6-15)13-16-7-11-21(20-16)14(2)3/h5-7,9-11,14,17,19H,4,8,12-13H2,1-3H3. The number of hydrogen-bond acceptors (Lipinski definition) is 3. The van der Waals surface area contributed by atoms with Crippen molar-refractivity contribution in [3.05, 3.63) is 48.0 Å². The van der Waals surface area contributed by atoms with Crippen LogP contribution in [0.5, 0.6) is 0 Å². The Labute approximate surface area is 127 Å². The van der Waals surface area contributed by atoms with Crippen molar-refractivity contribution >= 4 is 0 Å². The largest absolute Gasteiger partial charge is 0.313 e. The molecule has 4 heteroatoms. The molecule has 1 N–H and O–H groups in total. The van der Waals surface area contributed by atoms with Crippen molar-refractivity contribution in [3.8, 4) is 0 Å². The molecule has 2 aromatic rings. The van der Waals surface area contributed by atoms with Crippen molar-refractivity contribution in [1.82, 2.24) is 20.1 Å². The normalized spacial score (nSPS) is 12.8. The molecule has 0 bridgehead atoms. The molecule has 0 amide bonds. The average molecular weight is 286 g/mol. The molecule has 1 atom stereocenters. The van der Waals surface area contributed by atoms with Crippen LogP contribution in [-0.2, 0) is 12.8 Å². The second kappa shape index (κ2) is 7.93. The van der Waals surface area contributed by atoms with Gasteiger partial charge in [0.1, 0.15) is 0 Å². The van der Waals surface area contributed by atoms with Crippen molar-refractivity contribution in [1.29, 1.82) is 0 Å². The maximum atomic E-state index is 4.66. The molecule has 0 spiro atoms. The maximum absolute atomic E-state index is 4.66. The minimum atomic E-state index is 0.418. The van der Waals surface area contributed by atoms with Crippen molar-refractivity contribution in [3.63, 3.8) is 0 Å². The van der Waals surface area contributed by atoms with Crippen LogP contribution in [0.3, 0.4) is 0 Å². The highest BCUT2D eigenvalue weighted by molar-refractivity contribution is 5.13. The summed E-state index contributed by atoms with van der Waals surface area (Å²) in [5, 5.41) is 8.30. The van der Waals surface area contributed by atoms with E-state index in [-0.39, 0.29) is 0 Å². The minimum absolute atomic E-state index is 0.418. The summed E-state index contributed by atoms with van der Waals surface area (Å²) in [6.45, 7) is 7.55. The molecule has 21 heavy (non-hydrogen) atoms. The van der Waals surface area contributed by atoms with Crippen LogP contribution in [-0.4, -0.2) is 27.4 Å². The van der Waals surface area contributed by atoms with Gasteiger partial charge in [0.05, 0.1) is 5.69 Å². The lowest BCUT2D eigenvalue weighted by molar-refractivity contribution is 0.485. The Bertz CT molecular complexity index is 519. The first kappa shape index (κ1) is 15.7. The molecule has 0 fully saturated rings. The van der Waals surface area contributed by atoms with Crippen molar-refractivity contribution in [2.75, 3.05) is 6.54 Å². The zero-order valence-corrected chi connectivity index (χ0v) is 13.3. The van der Waals surface area contributed by atoms with Gasteiger partial charge < -0.3 is 5.32 Å². The van der Waals surface area contributed by atoms with E-state index in [1.54, 1.807) is 0 Å². The Morgan fingerprint density at radius 1 is 1.14 bits per heavy atom. The first-order valence-corrected chi connectivity index (χ1v) is 7.85. The fraction of sp³-hybridized carbons (Fsp3) is 0.529. The molecule has 0 aliphatic rings. The molecule has 0 radical (unpaired) electrons. The number of aromatic nitrogens is 3. The van der Waals surface area contributed by atoms with Gasteiger partial charge in [0.25, 0.3) is 0 Å². The van der Waals surface area contributed by atoms with Crippen LogP contribution < -0.4 is 5.32 Å².